The van der Waals surface area contributed by atoms with Crippen molar-refractivity contribution in [1.29, 1.82) is 0 Å². The van der Waals surface area contributed by atoms with E-state index in [9.17, 15) is 19.8 Å². The Labute approximate surface area is 424 Å². The summed E-state index contributed by atoms with van der Waals surface area (Å²) < 4.78 is 5.46. The molecule has 1 amide bonds. The van der Waals surface area contributed by atoms with E-state index in [-0.39, 0.29) is 18.5 Å². The van der Waals surface area contributed by atoms with Crippen molar-refractivity contribution in [1.82, 2.24) is 5.32 Å². The second kappa shape index (κ2) is 57.9. The zero-order valence-corrected chi connectivity index (χ0v) is 45.9. The maximum atomic E-state index is 12.5. The van der Waals surface area contributed by atoms with Gasteiger partial charge in [0, 0.05) is 12.8 Å². The average molecular weight is 959 g/mol. The Bertz CT molecular complexity index is 1060. The number of carbonyl (C=O) groups is 2. The van der Waals surface area contributed by atoms with Crippen molar-refractivity contribution >= 4 is 11.9 Å². The van der Waals surface area contributed by atoms with Gasteiger partial charge < -0.3 is 20.3 Å². The van der Waals surface area contributed by atoms with Crippen LogP contribution in [0.15, 0.2) is 24.3 Å². The van der Waals surface area contributed by atoms with Gasteiger partial charge in [-0.1, -0.05) is 295 Å². The molecule has 0 heterocycles. The summed E-state index contributed by atoms with van der Waals surface area (Å²) in [5.41, 5.74) is 0. The van der Waals surface area contributed by atoms with Crippen molar-refractivity contribution in [3.05, 3.63) is 24.3 Å². The first-order valence-electron chi connectivity index (χ1n) is 30.6. The molecule has 0 saturated carbocycles. The first-order valence-corrected chi connectivity index (χ1v) is 30.6. The highest BCUT2D eigenvalue weighted by Crippen LogP contribution is 2.18. The van der Waals surface area contributed by atoms with Crippen molar-refractivity contribution < 1.29 is 24.5 Å². The lowest BCUT2D eigenvalue weighted by molar-refractivity contribution is -0.143. The second-order valence-corrected chi connectivity index (χ2v) is 21.0. The van der Waals surface area contributed by atoms with Crippen LogP contribution in [0.4, 0.5) is 0 Å². The summed E-state index contributed by atoms with van der Waals surface area (Å²) in [5.74, 6) is -0.0639. The molecule has 0 aliphatic heterocycles. The van der Waals surface area contributed by atoms with Crippen LogP contribution < -0.4 is 5.32 Å². The summed E-state index contributed by atoms with van der Waals surface area (Å²) in [7, 11) is 0. The summed E-state index contributed by atoms with van der Waals surface area (Å²) in [6.07, 6.45) is 70.7. The molecule has 2 atom stereocenters. The van der Waals surface area contributed by atoms with Crippen molar-refractivity contribution in [2.75, 3.05) is 13.2 Å². The Balaban J connectivity index is 3.42. The Kier molecular flexibility index (Phi) is 56.5. The minimum atomic E-state index is -0.845. The SMILES string of the molecule is CCCC/C=C\CCCCCCCC(=O)OCCCCCCCCCCCCCCCCCCCCCCCCC(=O)NC(CO)C(O)/C=C/CCCCCCCCCCCCCCCCCC. The van der Waals surface area contributed by atoms with Crippen LogP contribution in [0.3, 0.4) is 0 Å². The van der Waals surface area contributed by atoms with E-state index in [1.165, 1.54) is 263 Å². The molecule has 0 rings (SSSR count). The van der Waals surface area contributed by atoms with Gasteiger partial charge in [-0.2, -0.15) is 0 Å². The average Bonchev–Trinajstić information content (AvgIpc) is 3.34. The fourth-order valence-electron chi connectivity index (χ4n) is 9.50. The van der Waals surface area contributed by atoms with Crippen LogP contribution in [0.2, 0.25) is 0 Å². The summed E-state index contributed by atoms with van der Waals surface area (Å²) in [6.45, 7) is 4.88. The number of unbranched alkanes of at least 4 members (excludes halogenated alkanes) is 44. The topological polar surface area (TPSA) is 95.9 Å². The van der Waals surface area contributed by atoms with E-state index in [4.69, 9.17) is 4.74 Å². The van der Waals surface area contributed by atoms with Gasteiger partial charge in [0.05, 0.1) is 25.4 Å². The van der Waals surface area contributed by atoms with Crippen LogP contribution in [0.5, 0.6) is 0 Å². The molecule has 0 fully saturated rings. The predicted molar refractivity (Wildman–Crippen MR) is 296 cm³/mol. The van der Waals surface area contributed by atoms with Gasteiger partial charge >= 0.3 is 5.97 Å². The van der Waals surface area contributed by atoms with E-state index >= 15 is 0 Å². The van der Waals surface area contributed by atoms with E-state index in [0.29, 0.717) is 19.4 Å². The van der Waals surface area contributed by atoms with Gasteiger partial charge in [0.2, 0.25) is 5.91 Å². The molecular formula is C62H119NO5. The van der Waals surface area contributed by atoms with Crippen LogP contribution in [0.25, 0.3) is 0 Å². The lowest BCUT2D eigenvalue weighted by Gasteiger charge is -2.20. The molecule has 0 radical (unpaired) electrons. The molecule has 6 heteroatoms. The lowest BCUT2D eigenvalue weighted by atomic mass is 10.0. The molecule has 0 aromatic carbocycles. The van der Waals surface area contributed by atoms with Gasteiger partial charge in [-0.05, 0) is 51.4 Å². The summed E-state index contributed by atoms with van der Waals surface area (Å²) in [6, 6.07) is -0.628. The molecule has 0 bridgehead atoms. The second-order valence-electron chi connectivity index (χ2n) is 21.0. The third kappa shape index (κ3) is 53.7. The van der Waals surface area contributed by atoms with Crippen LogP contribution in [0, 0.1) is 0 Å². The van der Waals surface area contributed by atoms with E-state index < -0.39 is 12.1 Å². The van der Waals surface area contributed by atoms with Crippen LogP contribution in [-0.4, -0.2) is 47.4 Å². The Morgan fingerprint density at radius 2 is 0.706 bits per heavy atom. The van der Waals surface area contributed by atoms with Crippen LogP contribution in [-0.2, 0) is 14.3 Å². The minimum Gasteiger partial charge on any atom is -0.466 e. The van der Waals surface area contributed by atoms with Crippen molar-refractivity contribution in [2.45, 2.75) is 347 Å². The molecule has 0 aromatic rings. The van der Waals surface area contributed by atoms with Crippen molar-refractivity contribution in [3.63, 3.8) is 0 Å². The standard InChI is InChI=1S/C62H119NO5/c1-3-5-7-9-11-13-15-16-17-18-25-28-31-35-38-42-46-50-54-60(65)59(58-64)63-61(66)55-51-47-43-39-36-32-29-26-23-21-19-20-22-24-27-30-33-37-41-45-49-53-57-68-62(67)56-52-48-44-40-34-14-12-10-8-6-4-2/h10,12,50,54,59-60,64-65H,3-9,11,13-49,51-53,55-58H2,1-2H3,(H,63,66)/b12-10-,54-50+. The number of allylic oxidation sites excluding steroid dienone is 3. The van der Waals surface area contributed by atoms with E-state index in [1.54, 1.807) is 6.08 Å². The Morgan fingerprint density at radius 1 is 0.397 bits per heavy atom. The number of hydrogen-bond acceptors (Lipinski definition) is 5. The number of esters is 1. The fourth-order valence-corrected chi connectivity index (χ4v) is 9.50. The number of hydrogen-bond donors (Lipinski definition) is 3. The van der Waals surface area contributed by atoms with Crippen molar-refractivity contribution in [3.8, 4) is 0 Å². The number of amides is 1. The molecule has 0 aliphatic rings. The van der Waals surface area contributed by atoms with E-state index in [0.717, 1.165) is 44.9 Å². The summed E-state index contributed by atoms with van der Waals surface area (Å²) >= 11 is 0. The van der Waals surface area contributed by atoms with Gasteiger partial charge in [0.1, 0.15) is 0 Å². The molecule has 0 spiro atoms. The number of aliphatic hydroxyl groups is 2. The van der Waals surface area contributed by atoms with Gasteiger partial charge in [-0.15, -0.1) is 0 Å². The highest BCUT2D eigenvalue weighted by molar-refractivity contribution is 5.76. The van der Waals surface area contributed by atoms with Gasteiger partial charge in [-0.25, -0.2) is 0 Å². The molecule has 6 nitrogen and oxygen atoms in total. The van der Waals surface area contributed by atoms with Crippen molar-refractivity contribution in [2.24, 2.45) is 0 Å². The Morgan fingerprint density at radius 3 is 1.09 bits per heavy atom. The first kappa shape index (κ1) is 66.3. The molecule has 0 aliphatic carbocycles. The largest absolute Gasteiger partial charge is 0.466 e. The predicted octanol–water partition coefficient (Wildman–Crippen LogP) is 19.0. The monoisotopic (exact) mass is 958 g/mol. The number of nitrogens with one attached hydrogen (secondary N) is 1. The smallest absolute Gasteiger partial charge is 0.305 e. The lowest BCUT2D eigenvalue weighted by Crippen LogP contribution is -2.45. The third-order valence-corrected chi connectivity index (χ3v) is 14.2. The number of ether oxygens (including phenoxy) is 1. The van der Waals surface area contributed by atoms with Gasteiger partial charge in [0.25, 0.3) is 0 Å². The Hall–Kier alpha value is -1.66. The maximum absolute atomic E-state index is 12.5. The summed E-state index contributed by atoms with van der Waals surface area (Å²) in [5, 5.41) is 23.2. The van der Waals surface area contributed by atoms with Crippen LogP contribution in [0.1, 0.15) is 335 Å². The maximum Gasteiger partial charge on any atom is 0.305 e. The third-order valence-electron chi connectivity index (χ3n) is 14.2. The molecular weight excluding hydrogens is 839 g/mol. The number of carbonyl (C=O) groups excluding carboxylic acids is 2. The molecule has 0 aromatic heterocycles. The van der Waals surface area contributed by atoms with Gasteiger partial charge in [0.15, 0.2) is 0 Å². The van der Waals surface area contributed by atoms with E-state index in [2.05, 4.69) is 31.3 Å². The zero-order valence-electron chi connectivity index (χ0n) is 45.9. The van der Waals surface area contributed by atoms with E-state index in [1.807, 2.05) is 6.08 Å². The number of aliphatic hydroxyl groups excluding tert-OH is 2. The normalized spacial score (nSPS) is 12.7. The minimum absolute atomic E-state index is 0.00183. The molecule has 3 N–H and O–H groups in total. The summed E-state index contributed by atoms with van der Waals surface area (Å²) in [4.78, 5) is 24.5. The first-order chi connectivity index (χ1) is 33.5. The zero-order chi connectivity index (χ0) is 49.3. The quantitative estimate of drug-likeness (QED) is 0.0321. The molecule has 0 saturated heterocycles. The molecule has 2 unspecified atom stereocenters. The molecule has 402 valence electrons. The molecule has 68 heavy (non-hydrogen) atoms. The highest BCUT2D eigenvalue weighted by atomic mass is 16.5. The number of rotatable bonds is 57. The fraction of sp³-hybridized carbons (Fsp3) is 0.903. The highest BCUT2D eigenvalue weighted by Gasteiger charge is 2.18. The van der Waals surface area contributed by atoms with Gasteiger partial charge in [-0.3, -0.25) is 9.59 Å². The van der Waals surface area contributed by atoms with Crippen LogP contribution >= 0.6 is 0 Å².